The minimum atomic E-state index is -0.329. The molecule has 4 saturated heterocycles. The number of likely N-dealkylation sites (tertiary alicyclic amines) is 1. The minimum Gasteiger partial charge on any atom is -0.353 e. The maximum Gasteiger partial charge on any atom is 0.232 e. The first kappa shape index (κ1) is 34.8. The molecule has 276 valence electrons. The van der Waals surface area contributed by atoms with E-state index in [1.165, 1.54) is 44.9 Å². The molecule has 12 atom stereocenters. The van der Waals surface area contributed by atoms with Crippen LogP contribution in [0.5, 0.6) is 0 Å². The first-order valence-corrected chi connectivity index (χ1v) is 20.9. The van der Waals surface area contributed by atoms with E-state index in [-0.39, 0.29) is 30.1 Å². The summed E-state index contributed by atoms with van der Waals surface area (Å²) in [5, 5.41) is 3.36. The molecule has 8 nitrogen and oxygen atoms in total. The molecule has 2 unspecified atom stereocenters. The van der Waals surface area contributed by atoms with Crippen molar-refractivity contribution in [1.82, 2.24) is 20.0 Å². The second-order valence-corrected chi connectivity index (χ2v) is 19.0. The fraction of sp³-hybridized carbons (Fsp3) is 0.951. The van der Waals surface area contributed by atoms with Crippen LogP contribution in [-0.4, -0.2) is 103 Å². The van der Waals surface area contributed by atoms with Crippen molar-refractivity contribution < 1.29 is 19.1 Å². The molecule has 1 spiro atoms. The van der Waals surface area contributed by atoms with E-state index in [4.69, 9.17) is 9.47 Å². The molecule has 0 bridgehead atoms. The van der Waals surface area contributed by atoms with E-state index in [0.717, 1.165) is 102 Å². The van der Waals surface area contributed by atoms with Gasteiger partial charge in [0.1, 0.15) is 6.42 Å². The lowest BCUT2D eigenvalue weighted by atomic mass is 9.44. The Kier molecular flexibility index (Phi) is 9.47. The van der Waals surface area contributed by atoms with Crippen LogP contribution in [-0.2, 0) is 19.1 Å². The molecule has 2 amide bonds. The number of piperazine rings is 1. The van der Waals surface area contributed by atoms with Gasteiger partial charge in [0.05, 0.1) is 12.7 Å². The van der Waals surface area contributed by atoms with Crippen LogP contribution in [0.2, 0.25) is 0 Å². The maximum atomic E-state index is 13.2. The van der Waals surface area contributed by atoms with Crippen LogP contribution in [0, 0.1) is 52.3 Å². The highest BCUT2D eigenvalue weighted by atomic mass is 16.7. The van der Waals surface area contributed by atoms with Gasteiger partial charge in [0.15, 0.2) is 5.79 Å². The Labute approximate surface area is 297 Å². The van der Waals surface area contributed by atoms with Crippen LogP contribution in [0.3, 0.4) is 0 Å². The van der Waals surface area contributed by atoms with Crippen molar-refractivity contribution in [2.24, 2.45) is 52.3 Å². The molecular weight excluding hydrogens is 612 g/mol. The molecule has 4 saturated carbocycles. The fourth-order valence-electron chi connectivity index (χ4n) is 13.9. The van der Waals surface area contributed by atoms with E-state index in [9.17, 15) is 9.59 Å². The zero-order valence-corrected chi connectivity index (χ0v) is 31.6. The molecule has 4 aliphatic carbocycles. The molecule has 0 aromatic rings. The van der Waals surface area contributed by atoms with Crippen molar-refractivity contribution in [2.45, 2.75) is 142 Å². The fourth-order valence-corrected chi connectivity index (χ4v) is 13.9. The van der Waals surface area contributed by atoms with E-state index >= 15 is 0 Å². The Bertz CT molecular complexity index is 1220. The van der Waals surface area contributed by atoms with Crippen LogP contribution < -0.4 is 5.32 Å². The van der Waals surface area contributed by atoms with Crippen LogP contribution in [0.25, 0.3) is 0 Å². The zero-order valence-electron chi connectivity index (χ0n) is 31.6. The second-order valence-electron chi connectivity index (χ2n) is 19.0. The van der Waals surface area contributed by atoms with Gasteiger partial charge in [0.25, 0.3) is 0 Å². The number of nitrogens with one attached hydrogen (secondary N) is 1. The summed E-state index contributed by atoms with van der Waals surface area (Å²) >= 11 is 0. The molecule has 0 aromatic heterocycles. The lowest BCUT2D eigenvalue weighted by Crippen LogP contribution is -2.56. The van der Waals surface area contributed by atoms with Crippen molar-refractivity contribution in [3.8, 4) is 0 Å². The van der Waals surface area contributed by atoms with Gasteiger partial charge in [-0.2, -0.15) is 0 Å². The SMILES string of the molecule is CCN1CCN(C2CCN(C(=O)CC(=O)NC3CC[C@]4(C)C5CC[C@]6(C)[C@@H]7[C@H](C[C@H]6[C@@H]5CC[C@@H]4C3)O[C@]3(CC[C@H](C)CO3)[C@H]7C)CC2)CC1. The summed E-state index contributed by atoms with van der Waals surface area (Å²) in [6.07, 6.45) is 14.6. The van der Waals surface area contributed by atoms with Gasteiger partial charge in [-0.15, -0.1) is 0 Å². The van der Waals surface area contributed by atoms with Gasteiger partial charge in [-0.25, -0.2) is 0 Å². The highest BCUT2D eigenvalue weighted by molar-refractivity contribution is 5.97. The van der Waals surface area contributed by atoms with E-state index in [1.54, 1.807) is 0 Å². The quantitative estimate of drug-likeness (QED) is 0.363. The van der Waals surface area contributed by atoms with Crippen molar-refractivity contribution in [3.05, 3.63) is 0 Å². The second kappa shape index (κ2) is 13.3. The average Bonchev–Trinajstić information content (AvgIpc) is 3.55. The van der Waals surface area contributed by atoms with Gasteiger partial charge >= 0.3 is 0 Å². The normalized spacial score (nSPS) is 47.7. The van der Waals surface area contributed by atoms with Crippen molar-refractivity contribution in [1.29, 1.82) is 0 Å². The summed E-state index contributed by atoms with van der Waals surface area (Å²) in [4.78, 5) is 33.5. The number of carbonyl (C=O) groups excluding carboxylic acids is 2. The van der Waals surface area contributed by atoms with Crippen LogP contribution in [0.4, 0.5) is 0 Å². The molecule has 4 heterocycles. The standard InChI is InChI=1S/C41H68N4O4/c1-6-43-19-21-44(22-20-43)31-12-17-45(18-13-31)37(47)25-36(46)42-30-10-14-39(4)29(23-30)7-8-32-33(39)11-15-40(5)34(32)24-35-38(40)28(3)41(49-35)16-9-27(2)26-48-41/h27-35,38H,6-26H2,1-5H3,(H,42,46)/t27-,28-,29+,30?,32+,33?,34-,35-,38-,39-,40-,41+/m0/s1. The highest BCUT2D eigenvalue weighted by Gasteiger charge is 2.69. The van der Waals surface area contributed by atoms with Crippen molar-refractivity contribution in [2.75, 3.05) is 52.4 Å². The third-order valence-electron chi connectivity index (χ3n) is 16.8. The largest absolute Gasteiger partial charge is 0.353 e. The molecule has 8 fully saturated rings. The smallest absolute Gasteiger partial charge is 0.232 e. The topological polar surface area (TPSA) is 74.4 Å². The summed E-state index contributed by atoms with van der Waals surface area (Å²) in [5.41, 5.74) is 0.727. The predicted molar refractivity (Wildman–Crippen MR) is 192 cm³/mol. The van der Waals surface area contributed by atoms with E-state index in [1.807, 2.05) is 4.90 Å². The molecular formula is C41H68N4O4. The Balaban J connectivity index is 0.822. The first-order valence-electron chi connectivity index (χ1n) is 20.9. The molecule has 8 rings (SSSR count). The number of hydrogen-bond acceptors (Lipinski definition) is 6. The average molecular weight is 681 g/mol. The summed E-state index contributed by atoms with van der Waals surface area (Å²) in [6, 6.07) is 0.796. The van der Waals surface area contributed by atoms with Gasteiger partial charge in [0, 0.05) is 63.7 Å². The van der Waals surface area contributed by atoms with E-state index in [0.29, 0.717) is 46.6 Å². The predicted octanol–water partition coefficient (Wildman–Crippen LogP) is 5.94. The lowest BCUT2D eigenvalue weighted by molar-refractivity contribution is -0.273. The molecule has 0 aromatic carbocycles. The van der Waals surface area contributed by atoms with Crippen molar-refractivity contribution in [3.63, 3.8) is 0 Å². The number of rotatable bonds is 5. The summed E-state index contributed by atoms with van der Waals surface area (Å²) in [5.74, 6) is 4.41. The van der Waals surface area contributed by atoms with E-state index in [2.05, 4.69) is 49.7 Å². The number of fused-ring (bicyclic) bond motifs is 7. The number of nitrogens with zero attached hydrogens (tertiary/aromatic N) is 3. The first-order chi connectivity index (χ1) is 23.5. The van der Waals surface area contributed by atoms with Crippen LogP contribution in [0.15, 0.2) is 0 Å². The van der Waals surface area contributed by atoms with Gasteiger partial charge in [-0.3, -0.25) is 14.5 Å². The van der Waals surface area contributed by atoms with Gasteiger partial charge in [0.2, 0.25) is 11.8 Å². The number of carbonyl (C=O) groups is 2. The summed E-state index contributed by atoms with van der Waals surface area (Å²) in [7, 11) is 0. The Morgan fingerprint density at radius 3 is 2.29 bits per heavy atom. The minimum absolute atomic E-state index is 0.0113. The number of hydrogen-bond donors (Lipinski definition) is 1. The van der Waals surface area contributed by atoms with Crippen LogP contribution >= 0.6 is 0 Å². The number of likely N-dealkylation sites (N-methyl/N-ethyl adjacent to an activating group) is 1. The third-order valence-corrected chi connectivity index (χ3v) is 16.8. The van der Waals surface area contributed by atoms with Crippen molar-refractivity contribution >= 4 is 11.8 Å². The monoisotopic (exact) mass is 681 g/mol. The maximum absolute atomic E-state index is 13.2. The Hall–Kier alpha value is -1.22. The molecule has 1 N–H and O–H groups in total. The summed E-state index contributed by atoms with van der Waals surface area (Å²) < 4.78 is 13.6. The molecule has 4 aliphatic heterocycles. The lowest BCUT2D eigenvalue weighted by Gasteiger charge is -2.61. The molecule has 8 aliphatic rings. The number of amides is 2. The zero-order chi connectivity index (χ0) is 34.1. The molecule has 0 radical (unpaired) electrons. The van der Waals surface area contributed by atoms with Crippen LogP contribution in [0.1, 0.15) is 118 Å². The molecule has 49 heavy (non-hydrogen) atoms. The number of piperidine rings is 1. The number of ether oxygens (including phenoxy) is 2. The Morgan fingerprint density at radius 1 is 0.816 bits per heavy atom. The highest BCUT2D eigenvalue weighted by Crippen LogP contribution is 2.71. The van der Waals surface area contributed by atoms with Gasteiger partial charge in [-0.05, 0) is 124 Å². The Morgan fingerprint density at radius 2 is 1.57 bits per heavy atom. The molecule has 8 heteroatoms. The van der Waals surface area contributed by atoms with Gasteiger partial charge < -0.3 is 24.6 Å². The third kappa shape index (κ3) is 6.02. The summed E-state index contributed by atoms with van der Waals surface area (Å²) in [6.45, 7) is 20.4. The van der Waals surface area contributed by atoms with E-state index < -0.39 is 0 Å². The van der Waals surface area contributed by atoms with Gasteiger partial charge in [-0.1, -0.05) is 34.6 Å².